The Labute approximate surface area is 100 Å². The summed E-state index contributed by atoms with van der Waals surface area (Å²) in [7, 11) is 0. The molecule has 0 amide bonds. The minimum absolute atomic E-state index is 0.146. The van der Waals surface area contributed by atoms with Gasteiger partial charge in [0.05, 0.1) is 12.7 Å². The van der Waals surface area contributed by atoms with Crippen LogP contribution in [0.5, 0.6) is 0 Å². The smallest absolute Gasteiger partial charge is 0.0725 e. The van der Waals surface area contributed by atoms with Crippen molar-refractivity contribution in [3.05, 3.63) is 12.7 Å². The molecule has 0 rings (SSSR count). The topological polar surface area (TPSA) is 30.5 Å². The normalized spacial score (nSPS) is 13.0. The van der Waals surface area contributed by atoms with E-state index in [4.69, 9.17) is 9.47 Å². The predicted octanol–water partition coefficient (Wildman–Crippen LogP) is 2.23. The molecule has 1 atom stereocenters. The highest BCUT2D eigenvalue weighted by Gasteiger charge is 1.95. The second-order valence-corrected chi connectivity index (χ2v) is 4.38. The summed E-state index contributed by atoms with van der Waals surface area (Å²) in [5.74, 6) is 0.703. The molecule has 0 aromatic rings. The van der Waals surface area contributed by atoms with Crippen LogP contribution < -0.4 is 5.32 Å². The molecule has 0 aliphatic rings. The van der Waals surface area contributed by atoms with Crippen LogP contribution >= 0.6 is 0 Å². The summed E-state index contributed by atoms with van der Waals surface area (Å²) in [6, 6.07) is 0. The van der Waals surface area contributed by atoms with Gasteiger partial charge in [-0.05, 0) is 25.8 Å². The molecule has 1 N–H and O–H groups in total. The van der Waals surface area contributed by atoms with E-state index in [0.29, 0.717) is 5.92 Å². The minimum Gasteiger partial charge on any atom is -0.380 e. The fourth-order valence-corrected chi connectivity index (χ4v) is 1.14. The molecule has 16 heavy (non-hydrogen) atoms. The summed E-state index contributed by atoms with van der Waals surface area (Å²) in [5, 5.41) is 3.33. The Kier molecular flexibility index (Phi) is 10.9. The summed E-state index contributed by atoms with van der Waals surface area (Å²) >= 11 is 0. The molecule has 0 aromatic heterocycles. The van der Waals surface area contributed by atoms with Crippen LogP contribution in [0.2, 0.25) is 0 Å². The lowest BCUT2D eigenvalue weighted by molar-refractivity contribution is 0.0640. The van der Waals surface area contributed by atoms with Crippen molar-refractivity contribution in [2.45, 2.75) is 33.3 Å². The molecule has 0 saturated heterocycles. The quantitative estimate of drug-likeness (QED) is 0.435. The molecule has 0 spiro atoms. The predicted molar refractivity (Wildman–Crippen MR) is 68.8 cm³/mol. The molecule has 0 saturated carbocycles. The molecule has 0 radical (unpaired) electrons. The Morgan fingerprint density at radius 2 is 1.94 bits per heavy atom. The highest BCUT2D eigenvalue weighted by atomic mass is 16.5. The van der Waals surface area contributed by atoms with E-state index in [-0.39, 0.29) is 6.10 Å². The third-order valence-electron chi connectivity index (χ3n) is 2.12. The first-order valence-electron chi connectivity index (χ1n) is 6.19. The molecule has 96 valence electrons. The van der Waals surface area contributed by atoms with Crippen LogP contribution in [0.3, 0.4) is 0 Å². The van der Waals surface area contributed by atoms with E-state index in [2.05, 4.69) is 25.7 Å². The van der Waals surface area contributed by atoms with Crippen molar-refractivity contribution in [2.75, 3.05) is 32.9 Å². The summed E-state index contributed by atoms with van der Waals surface area (Å²) in [5.41, 5.74) is 0. The maximum Gasteiger partial charge on any atom is 0.0725 e. The highest BCUT2D eigenvalue weighted by Crippen LogP contribution is 1.93. The Morgan fingerprint density at radius 3 is 2.56 bits per heavy atom. The maximum atomic E-state index is 5.46. The van der Waals surface area contributed by atoms with Crippen LogP contribution in [0.4, 0.5) is 0 Å². The number of hydrogen-bond donors (Lipinski definition) is 1. The second-order valence-electron chi connectivity index (χ2n) is 4.38. The fourth-order valence-electron chi connectivity index (χ4n) is 1.14. The molecular formula is C13H27NO2. The Hall–Kier alpha value is -0.380. The number of nitrogens with one attached hydrogen (secondary N) is 1. The zero-order valence-electron chi connectivity index (χ0n) is 11.0. The fraction of sp³-hybridized carbons (Fsp3) is 0.846. The van der Waals surface area contributed by atoms with Crippen LogP contribution in [0.25, 0.3) is 0 Å². The van der Waals surface area contributed by atoms with Crippen molar-refractivity contribution in [2.24, 2.45) is 5.92 Å². The number of hydrogen-bond acceptors (Lipinski definition) is 3. The minimum atomic E-state index is 0.146. The van der Waals surface area contributed by atoms with E-state index in [1.165, 1.54) is 0 Å². The molecule has 0 bridgehead atoms. The zero-order valence-corrected chi connectivity index (χ0v) is 11.0. The van der Waals surface area contributed by atoms with Crippen molar-refractivity contribution in [3.8, 4) is 0 Å². The molecule has 3 heteroatoms. The van der Waals surface area contributed by atoms with Crippen molar-refractivity contribution in [1.29, 1.82) is 0 Å². The Balaban J connectivity index is 3.01. The van der Waals surface area contributed by atoms with E-state index in [9.17, 15) is 0 Å². The lowest BCUT2D eigenvalue weighted by Gasteiger charge is -2.09. The molecule has 0 aliphatic heterocycles. The van der Waals surface area contributed by atoms with Gasteiger partial charge in [0.15, 0.2) is 0 Å². The van der Waals surface area contributed by atoms with Crippen LogP contribution in [-0.2, 0) is 9.47 Å². The maximum absolute atomic E-state index is 5.46. The van der Waals surface area contributed by atoms with Gasteiger partial charge in [0.1, 0.15) is 0 Å². The van der Waals surface area contributed by atoms with Crippen LogP contribution in [0.1, 0.15) is 27.2 Å². The molecule has 0 fully saturated rings. The van der Waals surface area contributed by atoms with Gasteiger partial charge in [-0.1, -0.05) is 19.9 Å². The van der Waals surface area contributed by atoms with E-state index in [0.717, 1.165) is 39.3 Å². The average Bonchev–Trinajstić information content (AvgIpc) is 2.26. The third kappa shape index (κ3) is 11.7. The van der Waals surface area contributed by atoms with Crippen molar-refractivity contribution < 1.29 is 9.47 Å². The van der Waals surface area contributed by atoms with Crippen molar-refractivity contribution in [3.63, 3.8) is 0 Å². The van der Waals surface area contributed by atoms with Gasteiger partial charge in [-0.2, -0.15) is 0 Å². The lowest BCUT2D eigenvalue weighted by Crippen LogP contribution is -2.24. The van der Waals surface area contributed by atoms with Gasteiger partial charge in [0.25, 0.3) is 0 Å². The molecular weight excluding hydrogens is 202 g/mol. The van der Waals surface area contributed by atoms with Gasteiger partial charge in [-0.25, -0.2) is 0 Å². The van der Waals surface area contributed by atoms with Crippen molar-refractivity contribution in [1.82, 2.24) is 5.32 Å². The largest absolute Gasteiger partial charge is 0.380 e. The molecule has 0 heterocycles. The van der Waals surface area contributed by atoms with Crippen LogP contribution in [0, 0.1) is 5.92 Å². The summed E-state index contributed by atoms with van der Waals surface area (Å²) in [6.45, 7) is 14.3. The SMILES string of the molecule is C=C[C@@H](C)OCCCOCCNCC(C)C. The van der Waals surface area contributed by atoms with Gasteiger partial charge >= 0.3 is 0 Å². The van der Waals surface area contributed by atoms with Crippen LogP contribution in [0.15, 0.2) is 12.7 Å². The summed E-state index contributed by atoms with van der Waals surface area (Å²) in [6.07, 6.45) is 2.90. The van der Waals surface area contributed by atoms with E-state index < -0.39 is 0 Å². The third-order valence-corrected chi connectivity index (χ3v) is 2.12. The van der Waals surface area contributed by atoms with E-state index >= 15 is 0 Å². The molecule has 0 aliphatic carbocycles. The molecule has 3 nitrogen and oxygen atoms in total. The zero-order chi connectivity index (χ0) is 12.2. The molecule has 0 aromatic carbocycles. The van der Waals surface area contributed by atoms with Crippen LogP contribution in [-0.4, -0.2) is 39.0 Å². The first kappa shape index (κ1) is 15.6. The van der Waals surface area contributed by atoms with Gasteiger partial charge in [-0.3, -0.25) is 0 Å². The average molecular weight is 229 g/mol. The number of rotatable bonds is 11. The first-order valence-corrected chi connectivity index (χ1v) is 6.19. The van der Waals surface area contributed by atoms with Gasteiger partial charge in [0.2, 0.25) is 0 Å². The Bertz CT molecular complexity index is 160. The lowest BCUT2D eigenvalue weighted by atomic mass is 10.2. The van der Waals surface area contributed by atoms with E-state index in [1.54, 1.807) is 6.08 Å². The van der Waals surface area contributed by atoms with Gasteiger partial charge < -0.3 is 14.8 Å². The summed E-state index contributed by atoms with van der Waals surface area (Å²) in [4.78, 5) is 0. The number of ether oxygens (including phenoxy) is 2. The highest BCUT2D eigenvalue weighted by molar-refractivity contribution is 4.74. The van der Waals surface area contributed by atoms with E-state index in [1.807, 2.05) is 6.92 Å². The Morgan fingerprint density at radius 1 is 1.19 bits per heavy atom. The van der Waals surface area contributed by atoms with Gasteiger partial charge in [-0.15, -0.1) is 6.58 Å². The monoisotopic (exact) mass is 229 g/mol. The standard InChI is InChI=1S/C13H27NO2/c1-5-13(4)16-9-6-8-15-10-7-14-11-12(2)3/h5,12-14H,1,6-11H2,2-4H3/t13-/m1/s1. The molecule has 0 unspecified atom stereocenters. The summed E-state index contributed by atoms with van der Waals surface area (Å²) < 4.78 is 10.9. The van der Waals surface area contributed by atoms with Crippen molar-refractivity contribution >= 4 is 0 Å². The second kappa shape index (κ2) is 11.1. The first-order chi connectivity index (χ1) is 7.66. The van der Waals surface area contributed by atoms with Gasteiger partial charge in [0, 0.05) is 19.8 Å².